The second-order valence-electron chi connectivity index (χ2n) is 6.25. The molecule has 0 radical (unpaired) electrons. The van der Waals surface area contributed by atoms with Gasteiger partial charge < -0.3 is 5.32 Å². The summed E-state index contributed by atoms with van der Waals surface area (Å²) in [6, 6.07) is 0.804. The summed E-state index contributed by atoms with van der Waals surface area (Å²) >= 11 is 1.81. The highest BCUT2D eigenvalue weighted by molar-refractivity contribution is 7.15. The van der Waals surface area contributed by atoms with Crippen LogP contribution in [0, 0.1) is 5.92 Å². The van der Waals surface area contributed by atoms with E-state index in [0.29, 0.717) is 0 Å². The van der Waals surface area contributed by atoms with E-state index >= 15 is 0 Å². The minimum Gasteiger partial charge on any atom is -0.362 e. The fourth-order valence-corrected chi connectivity index (χ4v) is 3.80. The topological polar surface area (TPSA) is 28.2 Å². The van der Waals surface area contributed by atoms with Gasteiger partial charge in [0.1, 0.15) is 0 Å². The third-order valence-corrected chi connectivity index (χ3v) is 5.02. The molecule has 1 heterocycles. The normalized spacial score (nSPS) is 16.4. The number of hydrogen-bond acceptors (Lipinski definition) is 4. The van der Waals surface area contributed by atoms with Gasteiger partial charge >= 0.3 is 0 Å². The molecule has 1 saturated carbocycles. The Labute approximate surface area is 127 Å². The van der Waals surface area contributed by atoms with Gasteiger partial charge in [-0.2, -0.15) is 0 Å². The monoisotopic (exact) mass is 295 g/mol. The minimum absolute atomic E-state index is 0.790. The molecule has 3 nitrogen and oxygen atoms in total. The molecule has 0 saturated heterocycles. The average Bonchev–Trinajstić information content (AvgIpc) is 3.06. The molecule has 1 fully saturated rings. The first-order chi connectivity index (χ1) is 9.69. The van der Waals surface area contributed by atoms with Crippen molar-refractivity contribution in [1.82, 2.24) is 9.88 Å². The lowest BCUT2D eigenvalue weighted by molar-refractivity contribution is 0.181. The lowest BCUT2D eigenvalue weighted by Crippen LogP contribution is -2.33. The van der Waals surface area contributed by atoms with Crippen LogP contribution in [0.5, 0.6) is 0 Å². The van der Waals surface area contributed by atoms with Crippen molar-refractivity contribution >= 4 is 16.5 Å². The molecule has 1 aliphatic carbocycles. The van der Waals surface area contributed by atoms with Crippen LogP contribution in [-0.2, 0) is 6.54 Å². The van der Waals surface area contributed by atoms with Gasteiger partial charge in [0.15, 0.2) is 5.13 Å². The van der Waals surface area contributed by atoms with Gasteiger partial charge in [-0.25, -0.2) is 4.98 Å². The van der Waals surface area contributed by atoms with Crippen molar-refractivity contribution in [3.8, 4) is 0 Å². The number of hydrogen-bond donors (Lipinski definition) is 1. The maximum absolute atomic E-state index is 4.46. The fourth-order valence-electron chi connectivity index (χ4n) is 2.90. The maximum atomic E-state index is 4.46. The molecule has 0 aliphatic heterocycles. The van der Waals surface area contributed by atoms with Gasteiger partial charge in [0.2, 0.25) is 0 Å². The summed E-state index contributed by atoms with van der Waals surface area (Å²) in [5.41, 5.74) is 0. The van der Waals surface area contributed by atoms with Crippen molar-refractivity contribution in [3.05, 3.63) is 11.1 Å². The second kappa shape index (κ2) is 7.99. The summed E-state index contributed by atoms with van der Waals surface area (Å²) in [6.45, 7) is 10.0. The largest absolute Gasteiger partial charge is 0.362 e. The van der Waals surface area contributed by atoms with Crippen molar-refractivity contribution in [1.29, 1.82) is 0 Å². The SMILES string of the molecule is CCNc1ncc(CN(CCC(C)C)C2CCCC2)s1. The molecule has 114 valence electrons. The lowest BCUT2D eigenvalue weighted by Gasteiger charge is -2.28. The number of rotatable bonds is 8. The summed E-state index contributed by atoms with van der Waals surface area (Å²) in [4.78, 5) is 8.57. The molecule has 1 aliphatic rings. The fraction of sp³-hybridized carbons (Fsp3) is 0.812. The smallest absolute Gasteiger partial charge is 0.182 e. The highest BCUT2D eigenvalue weighted by Gasteiger charge is 2.23. The van der Waals surface area contributed by atoms with E-state index in [2.05, 4.69) is 42.2 Å². The number of aromatic nitrogens is 1. The molecule has 0 amide bonds. The van der Waals surface area contributed by atoms with Crippen LogP contribution in [-0.4, -0.2) is 29.0 Å². The zero-order valence-corrected chi connectivity index (χ0v) is 14.0. The predicted octanol–water partition coefficient (Wildman–Crippen LogP) is 4.37. The molecular formula is C16H29N3S. The molecule has 1 N–H and O–H groups in total. The minimum atomic E-state index is 0.790. The molecule has 0 atom stereocenters. The highest BCUT2D eigenvalue weighted by atomic mass is 32.1. The Bertz CT molecular complexity index is 383. The predicted molar refractivity (Wildman–Crippen MR) is 88.4 cm³/mol. The van der Waals surface area contributed by atoms with E-state index in [1.54, 1.807) is 0 Å². The Morgan fingerprint density at radius 2 is 2.15 bits per heavy atom. The average molecular weight is 295 g/mol. The van der Waals surface area contributed by atoms with Gasteiger partial charge in [-0.3, -0.25) is 4.90 Å². The Kier molecular flexibility index (Phi) is 6.30. The van der Waals surface area contributed by atoms with Crippen LogP contribution in [0.4, 0.5) is 5.13 Å². The molecule has 4 heteroatoms. The first-order valence-electron chi connectivity index (χ1n) is 8.11. The van der Waals surface area contributed by atoms with Crippen LogP contribution >= 0.6 is 11.3 Å². The van der Waals surface area contributed by atoms with Crippen LogP contribution in [0.3, 0.4) is 0 Å². The molecule has 0 unspecified atom stereocenters. The third-order valence-electron chi connectivity index (χ3n) is 4.08. The number of thiazole rings is 1. The van der Waals surface area contributed by atoms with Crippen LogP contribution in [0.1, 0.15) is 57.8 Å². The lowest BCUT2D eigenvalue weighted by atomic mass is 10.1. The van der Waals surface area contributed by atoms with Crippen LogP contribution in [0.25, 0.3) is 0 Å². The van der Waals surface area contributed by atoms with Crippen LogP contribution < -0.4 is 5.32 Å². The number of anilines is 1. The number of nitrogens with zero attached hydrogens (tertiary/aromatic N) is 2. The zero-order chi connectivity index (χ0) is 14.4. The van der Waals surface area contributed by atoms with Gasteiger partial charge in [-0.15, -0.1) is 11.3 Å². The van der Waals surface area contributed by atoms with E-state index in [9.17, 15) is 0 Å². The van der Waals surface area contributed by atoms with Crippen molar-refractivity contribution in [2.45, 2.75) is 65.5 Å². The Morgan fingerprint density at radius 1 is 1.40 bits per heavy atom. The van der Waals surface area contributed by atoms with E-state index in [0.717, 1.165) is 30.2 Å². The summed E-state index contributed by atoms with van der Waals surface area (Å²) in [7, 11) is 0. The number of nitrogens with one attached hydrogen (secondary N) is 1. The first kappa shape index (κ1) is 15.8. The second-order valence-corrected chi connectivity index (χ2v) is 7.37. The van der Waals surface area contributed by atoms with Crippen LogP contribution in [0.15, 0.2) is 6.20 Å². The molecule has 1 aromatic rings. The van der Waals surface area contributed by atoms with Gasteiger partial charge in [-0.05, 0) is 38.6 Å². The molecule has 0 bridgehead atoms. The van der Waals surface area contributed by atoms with Gasteiger partial charge in [0.25, 0.3) is 0 Å². The third kappa shape index (κ3) is 4.74. The van der Waals surface area contributed by atoms with Crippen molar-refractivity contribution in [2.75, 3.05) is 18.4 Å². The van der Waals surface area contributed by atoms with E-state index in [-0.39, 0.29) is 0 Å². The summed E-state index contributed by atoms with van der Waals surface area (Å²) in [5.74, 6) is 0.790. The van der Waals surface area contributed by atoms with E-state index in [4.69, 9.17) is 0 Å². The summed E-state index contributed by atoms with van der Waals surface area (Å²) < 4.78 is 0. The Balaban J connectivity index is 1.94. The molecule has 20 heavy (non-hydrogen) atoms. The first-order valence-corrected chi connectivity index (χ1v) is 8.93. The van der Waals surface area contributed by atoms with Crippen molar-refractivity contribution in [3.63, 3.8) is 0 Å². The van der Waals surface area contributed by atoms with Gasteiger partial charge in [0.05, 0.1) is 0 Å². The van der Waals surface area contributed by atoms with Gasteiger partial charge in [-0.1, -0.05) is 26.7 Å². The Hall–Kier alpha value is -0.610. The molecule has 2 rings (SSSR count). The quantitative estimate of drug-likeness (QED) is 0.772. The zero-order valence-electron chi connectivity index (χ0n) is 13.2. The molecule has 0 spiro atoms. The summed E-state index contributed by atoms with van der Waals surface area (Å²) in [6.07, 6.45) is 8.95. The Morgan fingerprint density at radius 3 is 2.80 bits per heavy atom. The molecular weight excluding hydrogens is 266 g/mol. The highest BCUT2D eigenvalue weighted by Crippen LogP contribution is 2.27. The van der Waals surface area contributed by atoms with Crippen molar-refractivity contribution in [2.24, 2.45) is 5.92 Å². The maximum Gasteiger partial charge on any atom is 0.182 e. The van der Waals surface area contributed by atoms with E-state index in [1.165, 1.54) is 43.5 Å². The molecule has 0 aromatic carbocycles. The van der Waals surface area contributed by atoms with E-state index in [1.807, 2.05) is 11.3 Å². The van der Waals surface area contributed by atoms with Crippen LogP contribution in [0.2, 0.25) is 0 Å². The van der Waals surface area contributed by atoms with Crippen molar-refractivity contribution < 1.29 is 0 Å². The van der Waals surface area contributed by atoms with Gasteiger partial charge in [0, 0.05) is 30.2 Å². The molecule has 1 aromatic heterocycles. The standard InChI is InChI=1S/C16H29N3S/c1-4-17-16-18-11-15(20-16)12-19(10-9-13(2)3)14-7-5-6-8-14/h11,13-14H,4-10,12H2,1-3H3,(H,17,18). The summed E-state index contributed by atoms with van der Waals surface area (Å²) in [5, 5.41) is 4.38. The van der Waals surface area contributed by atoms with E-state index < -0.39 is 0 Å².